The lowest BCUT2D eigenvalue weighted by Crippen LogP contribution is -2.27. The average Bonchev–Trinajstić information content (AvgIpc) is 2.48. The molecule has 3 nitrogen and oxygen atoms in total. The molecule has 0 bridgehead atoms. The molecule has 19 heavy (non-hydrogen) atoms. The summed E-state index contributed by atoms with van der Waals surface area (Å²) in [7, 11) is 1.39. The molecule has 2 aromatic carbocycles. The van der Waals surface area contributed by atoms with Crippen LogP contribution in [0.2, 0.25) is 0 Å². The van der Waals surface area contributed by atoms with Gasteiger partial charge in [-0.2, -0.15) is 0 Å². The number of carbonyl (C=O) groups is 1. The van der Waals surface area contributed by atoms with Gasteiger partial charge in [0.25, 0.3) is 0 Å². The number of anilines is 1. The van der Waals surface area contributed by atoms with Gasteiger partial charge >= 0.3 is 5.97 Å². The highest BCUT2D eigenvalue weighted by Gasteiger charge is 2.12. The Hall–Kier alpha value is -2.29. The summed E-state index contributed by atoms with van der Waals surface area (Å²) in [5.41, 5.74) is 3.23. The van der Waals surface area contributed by atoms with Crippen LogP contribution >= 0.6 is 0 Å². The third-order valence-electron chi connectivity index (χ3n) is 2.93. The predicted molar refractivity (Wildman–Crippen MR) is 77.0 cm³/mol. The standard InChI is InChI=1S/C16H17NO2/c1-12(16(18)19-2)17-15-10-8-14(9-11-15)13-6-4-3-5-7-13/h3-12,17H,1-2H3. The zero-order valence-electron chi connectivity index (χ0n) is 11.1. The van der Waals surface area contributed by atoms with Gasteiger partial charge in [-0.1, -0.05) is 42.5 Å². The van der Waals surface area contributed by atoms with Crippen molar-refractivity contribution in [3.8, 4) is 11.1 Å². The van der Waals surface area contributed by atoms with Crippen LogP contribution in [0.1, 0.15) is 6.92 Å². The van der Waals surface area contributed by atoms with Crippen molar-refractivity contribution in [2.45, 2.75) is 13.0 Å². The van der Waals surface area contributed by atoms with Crippen LogP contribution in [-0.2, 0) is 9.53 Å². The number of esters is 1. The molecular formula is C16H17NO2. The minimum atomic E-state index is -0.354. The van der Waals surface area contributed by atoms with Crippen LogP contribution in [0.25, 0.3) is 11.1 Å². The van der Waals surface area contributed by atoms with Gasteiger partial charge in [-0.15, -0.1) is 0 Å². The summed E-state index contributed by atoms with van der Waals surface area (Å²) in [5, 5.41) is 3.10. The van der Waals surface area contributed by atoms with Crippen LogP contribution in [0.4, 0.5) is 5.69 Å². The molecule has 1 N–H and O–H groups in total. The van der Waals surface area contributed by atoms with E-state index in [2.05, 4.69) is 22.2 Å². The highest BCUT2D eigenvalue weighted by Crippen LogP contribution is 2.21. The summed E-state index contributed by atoms with van der Waals surface area (Å²) in [5.74, 6) is -0.271. The van der Waals surface area contributed by atoms with Crippen molar-refractivity contribution in [2.75, 3.05) is 12.4 Å². The topological polar surface area (TPSA) is 38.3 Å². The van der Waals surface area contributed by atoms with E-state index in [0.717, 1.165) is 11.3 Å². The molecule has 1 unspecified atom stereocenters. The second kappa shape index (κ2) is 6.05. The smallest absolute Gasteiger partial charge is 0.327 e. The Morgan fingerprint density at radius 1 is 1.00 bits per heavy atom. The Balaban J connectivity index is 2.09. The van der Waals surface area contributed by atoms with Gasteiger partial charge in [0, 0.05) is 5.69 Å². The number of carbonyl (C=O) groups excluding carboxylic acids is 1. The Labute approximate surface area is 113 Å². The van der Waals surface area contributed by atoms with Crippen molar-refractivity contribution in [3.63, 3.8) is 0 Å². The first-order valence-corrected chi connectivity index (χ1v) is 6.20. The van der Waals surface area contributed by atoms with E-state index in [1.54, 1.807) is 6.92 Å². The lowest BCUT2D eigenvalue weighted by atomic mass is 10.1. The molecule has 0 spiro atoms. The summed E-state index contributed by atoms with van der Waals surface area (Å²) >= 11 is 0. The molecule has 0 aliphatic rings. The van der Waals surface area contributed by atoms with Gasteiger partial charge in [0.2, 0.25) is 0 Å². The maximum atomic E-state index is 11.3. The zero-order valence-corrected chi connectivity index (χ0v) is 11.1. The Morgan fingerprint density at radius 2 is 1.58 bits per heavy atom. The lowest BCUT2D eigenvalue weighted by Gasteiger charge is -2.13. The predicted octanol–water partition coefficient (Wildman–Crippen LogP) is 3.33. The molecule has 0 amide bonds. The average molecular weight is 255 g/mol. The number of methoxy groups -OCH3 is 1. The summed E-state index contributed by atoms with van der Waals surface area (Å²) in [4.78, 5) is 11.3. The fourth-order valence-corrected chi connectivity index (χ4v) is 1.88. The van der Waals surface area contributed by atoms with Gasteiger partial charge in [-0.25, -0.2) is 4.79 Å². The molecule has 0 heterocycles. The maximum absolute atomic E-state index is 11.3. The normalized spacial score (nSPS) is 11.7. The van der Waals surface area contributed by atoms with Gasteiger partial charge in [-0.3, -0.25) is 0 Å². The van der Waals surface area contributed by atoms with Crippen molar-refractivity contribution in [2.24, 2.45) is 0 Å². The third kappa shape index (κ3) is 3.35. The summed E-state index contributed by atoms with van der Waals surface area (Å²) in [6.07, 6.45) is 0. The highest BCUT2D eigenvalue weighted by atomic mass is 16.5. The van der Waals surface area contributed by atoms with Crippen LogP contribution in [0.15, 0.2) is 54.6 Å². The van der Waals surface area contributed by atoms with Crippen LogP contribution in [0, 0.1) is 0 Å². The highest BCUT2D eigenvalue weighted by molar-refractivity contribution is 5.79. The van der Waals surface area contributed by atoms with E-state index in [1.807, 2.05) is 42.5 Å². The summed E-state index contributed by atoms with van der Waals surface area (Å²) < 4.78 is 4.68. The number of nitrogens with one attached hydrogen (secondary N) is 1. The molecule has 0 aliphatic heterocycles. The number of hydrogen-bond acceptors (Lipinski definition) is 3. The minimum Gasteiger partial charge on any atom is -0.467 e. The molecule has 3 heteroatoms. The first-order valence-electron chi connectivity index (χ1n) is 6.20. The van der Waals surface area contributed by atoms with Gasteiger partial charge in [0.05, 0.1) is 7.11 Å². The number of rotatable bonds is 4. The van der Waals surface area contributed by atoms with E-state index in [0.29, 0.717) is 0 Å². The molecule has 1 atom stereocenters. The van der Waals surface area contributed by atoms with Crippen LogP contribution < -0.4 is 5.32 Å². The summed E-state index contributed by atoms with van der Waals surface area (Å²) in [6.45, 7) is 1.77. The van der Waals surface area contributed by atoms with Crippen LogP contribution in [0.5, 0.6) is 0 Å². The quantitative estimate of drug-likeness (QED) is 0.852. The van der Waals surface area contributed by atoms with Crippen molar-refractivity contribution in [1.82, 2.24) is 0 Å². The van der Waals surface area contributed by atoms with Crippen LogP contribution in [0.3, 0.4) is 0 Å². The van der Waals surface area contributed by atoms with Gasteiger partial charge < -0.3 is 10.1 Å². The van der Waals surface area contributed by atoms with E-state index >= 15 is 0 Å². The molecule has 2 aromatic rings. The number of benzene rings is 2. The molecule has 0 saturated carbocycles. The second-order valence-electron chi connectivity index (χ2n) is 4.33. The van der Waals surface area contributed by atoms with Crippen LogP contribution in [-0.4, -0.2) is 19.1 Å². The molecular weight excluding hydrogens is 238 g/mol. The number of ether oxygens (including phenoxy) is 1. The molecule has 2 rings (SSSR count). The van der Waals surface area contributed by atoms with Gasteiger partial charge in [0.15, 0.2) is 0 Å². The zero-order chi connectivity index (χ0) is 13.7. The molecule has 0 aliphatic carbocycles. The molecule has 0 radical (unpaired) electrons. The van der Waals surface area contributed by atoms with Gasteiger partial charge in [-0.05, 0) is 30.2 Å². The van der Waals surface area contributed by atoms with E-state index in [1.165, 1.54) is 12.7 Å². The fourth-order valence-electron chi connectivity index (χ4n) is 1.88. The lowest BCUT2D eigenvalue weighted by molar-refractivity contribution is -0.141. The Kier molecular flexibility index (Phi) is 4.18. The minimum absolute atomic E-state index is 0.271. The Bertz CT molecular complexity index is 534. The number of hydrogen-bond donors (Lipinski definition) is 1. The van der Waals surface area contributed by atoms with Gasteiger partial charge in [0.1, 0.15) is 6.04 Å². The monoisotopic (exact) mass is 255 g/mol. The first-order chi connectivity index (χ1) is 9.20. The van der Waals surface area contributed by atoms with Crippen molar-refractivity contribution in [3.05, 3.63) is 54.6 Å². The van der Waals surface area contributed by atoms with E-state index < -0.39 is 0 Å². The Morgan fingerprint density at radius 3 is 2.16 bits per heavy atom. The maximum Gasteiger partial charge on any atom is 0.327 e. The molecule has 0 fully saturated rings. The van der Waals surface area contributed by atoms with Crippen molar-refractivity contribution < 1.29 is 9.53 Å². The van der Waals surface area contributed by atoms with E-state index in [4.69, 9.17) is 0 Å². The van der Waals surface area contributed by atoms with E-state index in [9.17, 15) is 4.79 Å². The summed E-state index contributed by atoms with van der Waals surface area (Å²) in [6, 6.07) is 17.8. The largest absolute Gasteiger partial charge is 0.467 e. The third-order valence-corrected chi connectivity index (χ3v) is 2.93. The second-order valence-corrected chi connectivity index (χ2v) is 4.33. The molecule has 0 aromatic heterocycles. The first kappa shape index (κ1) is 13.1. The molecule has 0 saturated heterocycles. The van der Waals surface area contributed by atoms with Crippen molar-refractivity contribution in [1.29, 1.82) is 0 Å². The van der Waals surface area contributed by atoms with E-state index in [-0.39, 0.29) is 12.0 Å². The molecule has 98 valence electrons. The fraction of sp³-hybridized carbons (Fsp3) is 0.188. The SMILES string of the molecule is COC(=O)C(C)Nc1ccc(-c2ccccc2)cc1. The van der Waals surface area contributed by atoms with Crippen molar-refractivity contribution >= 4 is 11.7 Å².